The van der Waals surface area contributed by atoms with Crippen molar-refractivity contribution in [2.45, 2.75) is 13.3 Å². The number of rotatable bonds is 4. The van der Waals surface area contributed by atoms with Crippen LogP contribution in [0.4, 0.5) is 10.3 Å². The molecule has 88 valence electrons. The van der Waals surface area contributed by atoms with Crippen LogP contribution in [0.3, 0.4) is 0 Å². The molecule has 0 unspecified atom stereocenters. The maximum atomic E-state index is 12.7. The van der Waals surface area contributed by atoms with Gasteiger partial charge in [0, 0.05) is 18.4 Å². The van der Waals surface area contributed by atoms with E-state index in [1.807, 2.05) is 13.0 Å². The molecule has 1 heterocycles. The number of aryl methyl sites for hydroxylation is 1. The van der Waals surface area contributed by atoms with Crippen molar-refractivity contribution in [2.75, 3.05) is 11.9 Å². The molecular formula is C13H14FN3. The highest BCUT2D eigenvalue weighted by Gasteiger charge is 1.97. The van der Waals surface area contributed by atoms with Crippen LogP contribution in [-0.4, -0.2) is 16.5 Å². The lowest BCUT2D eigenvalue weighted by Gasteiger charge is -2.05. The van der Waals surface area contributed by atoms with E-state index in [0.29, 0.717) is 5.95 Å². The van der Waals surface area contributed by atoms with Crippen molar-refractivity contribution < 1.29 is 4.39 Å². The summed E-state index contributed by atoms with van der Waals surface area (Å²) in [6, 6.07) is 8.37. The molecule has 3 nitrogen and oxygen atoms in total. The quantitative estimate of drug-likeness (QED) is 0.878. The van der Waals surface area contributed by atoms with E-state index in [9.17, 15) is 4.39 Å². The van der Waals surface area contributed by atoms with Gasteiger partial charge in [-0.1, -0.05) is 12.1 Å². The van der Waals surface area contributed by atoms with Gasteiger partial charge in [-0.05, 0) is 37.1 Å². The van der Waals surface area contributed by atoms with Gasteiger partial charge in [0.15, 0.2) is 0 Å². The van der Waals surface area contributed by atoms with Crippen LogP contribution in [0.5, 0.6) is 0 Å². The summed E-state index contributed by atoms with van der Waals surface area (Å²) < 4.78 is 12.7. The van der Waals surface area contributed by atoms with Gasteiger partial charge in [-0.15, -0.1) is 0 Å². The summed E-state index contributed by atoms with van der Waals surface area (Å²) in [7, 11) is 0. The highest BCUT2D eigenvalue weighted by molar-refractivity contribution is 5.25. The fraction of sp³-hybridized carbons (Fsp3) is 0.231. The van der Waals surface area contributed by atoms with Crippen molar-refractivity contribution in [3.63, 3.8) is 0 Å². The molecule has 0 saturated carbocycles. The predicted octanol–water partition coefficient (Wildman–Crippen LogP) is 2.58. The normalized spacial score (nSPS) is 10.2. The zero-order valence-electron chi connectivity index (χ0n) is 9.65. The summed E-state index contributed by atoms with van der Waals surface area (Å²) in [6.45, 7) is 2.65. The third-order valence-corrected chi connectivity index (χ3v) is 2.40. The van der Waals surface area contributed by atoms with Crippen LogP contribution in [0, 0.1) is 12.7 Å². The van der Waals surface area contributed by atoms with E-state index in [0.717, 1.165) is 24.2 Å². The first kappa shape index (κ1) is 11.5. The minimum Gasteiger partial charge on any atom is -0.354 e. The second kappa shape index (κ2) is 5.39. The van der Waals surface area contributed by atoms with Crippen LogP contribution in [0.25, 0.3) is 0 Å². The second-order valence-electron chi connectivity index (χ2n) is 3.82. The maximum Gasteiger partial charge on any atom is 0.222 e. The summed E-state index contributed by atoms with van der Waals surface area (Å²) >= 11 is 0. The Hall–Kier alpha value is -1.97. The molecule has 0 radical (unpaired) electrons. The number of aromatic nitrogens is 2. The van der Waals surface area contributed by atoms with Gasteiger partial charge >= 0.3 is 0 Å². The third kappa shape index (κ3) is 3.52. The number of hydrogen-bond donors (Lipinski definition) is 1. The van der Waals surface area contributed by atoms with E-state index in [-0.39, 0.29) is 5.82 Å². The van der Waals surface area contributed by atoms with E-state index in [2.05, 4.69) is 15.3 Å². The average molecular weight is 231 g/mol. The fourth-order valence-corrected chi connectivity index (χ4v) is 1.50. The number of benzene rings is 1. The fourth-order valence-electron chi connectivity index (χ4n) is 1.50. The molecule has 1 aromatic carbocycles. The summed E-state index contributed by atoms with van der Waals surface area (Å²) in [6.07, 6.45) is 2.54. The van der Waals surface area contributed by atoms with Crippen LogP contribution in [-0.2, 0) is 6.42 Å². The third-order valence-electron chi connectivity index (χ3n) is 2.40. The molecule has 1 N–H and O–H groups in total. The molecule has 0 aliphatic carbocycles. The Balaban J connectivity index is 1.85. The van der Waals surface area contributed by atoms with E-state index in [4.69, 9.17) is 0 Å². The summed E-state index contributed by atoms with van der Waals surface area (Å²) in [5.41, 5.74) is 2.02. The molecule has 17 heavy (non-hydrogen) atoms. The summed E-state index contributed by atoms with van der Waals surface area (Å²) in [5, 5.41) is 3.13. The van der Waals surface area contributed by atoms with Gasteiger partial charge in [-0.3, -0.25) is 0 Å². The van der Waals surface area contributed by atoms with Crippen LogP contribution in [0.15, 0.2) is 36.5 Å². The van der Waals surface area contributed by atoms with Gasteiger partial charge in [-0.25, -0.2) is 14.4 Å². The van der Waals surface area contributed by atoms with Crippen LogP contribution < -0.4 is 5.32 Å². The molecule has 0 atom stereocenters. The van der Waals surface area contributed by atoms with E-state index >= 15 is 0 Å². The van der Waals surface area contributed by atoms with Gasteiger partial charge < -0.3 is 5.32 Å². The van der Waals surface area contributed by atoms with Crippen LogP contribution in [0.1, 0.15) is 11.3 Å². The number of anilines is 1. The predicted molar refractivity (Wildman–Crippen MR) is 65.4 cm³/mol. The zero-order valence-corrected chi connectivity index (χ0v) is 9.65. The number of nitrogens with zero attached hydrogens (tertiary/aromatic N) is 2. The lowest BCUT2D eigenvalue weighted by atomic mass is 10.1. The number of nitrogens with one attached hydrogen (secondary N) is 1. The Labute approximate surface area is 99.7 Å². The van der Waals surface area contributed by atoms with Crippen molar-refractivity contribution >= 4 is 5.95 Å². The van der Waals surface area contributed by atoms with Gasteiger partial charge in [0.2, 0.25) is 5.95 Å². The van der Waals surface area contributed by atoms with Crippen LogP contribution >= 0.6 is 0 Å². The molecule has 0 spiro atoms. The summed E-state index contributed by atoms with van der Waals surface area (Å²) in [4.78, 5) is 8.34. The monoisotopic (exact) mass is 231 g/mol. The van der Waals surface area contributed by atoms with E-state index in [1.165, 1.54) is 12.1 Å². The summed E-state index contributed by atoms with van der Waals surface area (Å²) in [5.74, 6) is 0.427. The topological polar surface area (TPSA) is 37.8 Å². The van der Waals surface area contributed by atoms with Gasteiger partial charge in [0.05, 0.1) is 0 Å². The lowest BCUT2D eigenvalue weighted by Crippen LogP contribution is -2.08. The smallest absolute Gasteiger partial charge is 0.222 e. The molecule has 2 rings (SSSR count). The van der Waals surface area contributed by atoms with Crippen molar-refractivity contribution in [3.05, 3.63) is 53.6 Å². The largest absolute Gasteiger partial charge is 0.354 e. The average Bonchev–Trinajstić information content (AvgIpc) is 2.32. The first-order valence-electron chi connectivity index (χ1n) is 5.52. The Morgan fingerprint density at radius 2 is 1.94 bits per heavy atom. The van der Waals surface area contributed by atoms with Gasteiger partial charge in [0.1, 0.15) is 5.82 Å². The van der Waals surface area contributed by atoms with Gasteiger partial charge in [0.25, 0.3) is 0 Å². The highest BCUT2D eigenvalue weighted by atomic mass is 19.1. The minimum absolute atomic E-state index is 0.205. The lowest BCUT2D eigenvalue weighted by molar-refractivity contribution is 0.627. The second-order valence-corrected chi connectivity index (χ2v) is 3.82. The Bertz CT molecular complexity index is 482. The molecular weight excluding hydrogens is 217 g/mol. The first-order chi connectivity index (χ1) is 8.24. The van der Waals surface area contributed by atoms with Crippen molar-refractivity contribution in [3.8, 4) is 0 Å². The van der Waals surface area contributed by atoms with Crippen molar-refractivity contribution in [1.29, 1.82) is 0 Å². The van der Waals surface area contributed by atoms with Gasteiger partial charge in [-0.2, -0.15) is 0 Å². The SMILES string of the molecule is Cc1ccnc(NCCc2ccc(F)cc2)n1. The van der Waals surface area contributed by atoms with Crippen molar-refractivity contribution in [2.24, 2.45) is 0 Å². The molecule has 0 fully saturated rings. The molecule has 0 saturated heterocycles. The molecule has 0 aliphatic heterocycles. The Morgan fingerprint density at radius 1 is 1.18 bits per heavy atom. The van der Waals surface area contributed by atoms with E-state index in [1.54, 1.807) is 18.3 Å². The van der Waals surface area contributed by atoms with Crippen molar-refractivity contribution in [1.82, 2.24) is 9.97 Å². The van der Waals surface area contributed by atoms with E-state index < -0.39 is 0 Å². The number of hydrogen-bond acceptors (Lipinski definition) is 3. The van der Waals surface area contributed by atoms with Crippen LogP contribution in [0.2, 0.25) is 0 Å². The molecule has 1 aromatic heterocycles. The molecule has 2 aromatic rings. The Kier molecular flexibility index (Phi) is 3.65. The molecule has 0 amide bonds. The maximum absolute atomic E-state index is 12.7. The molecule has 0 bridgehead atoms. The standard InChI is InChI=1S/C13H14FN3/c1-10-6-8-15-13(17-10)16-9-7-11-2-4-12(14)5-3-11/h2-6,8H,7,9H2,1H3,(H,15,16,17). The zero-order chi connectivity index (χ0) is 12.1. The molecule has 4 heteroatoms. The molecule has 0 aliphatic rings. The minimum atomic E-state index is -0.205. The highest BCUT2D eigenvalue weighted by Crippen LogP contribution is 2.04. The first-order valence-corrected chi connectivity index (χ1v) is 5.52. The Morgan fingerprint density at radius 3 is 2.65 bits per heavy atom. The number of halogens is 1.